The summed E-state index contributed by atoms with van der Waals surface area (Å²) in [5, 5.41) is 9.24. The van der Waals surface area contributed by atoms with E-state index in [1.165, 1.54) is 0 Å². The van der Waals surface area contributed by atoms with Gasteiger partial charge in [-0.25, -0.2) is 14.8 Å². The molecule has 0 saturated carbocycles. The summed E-state index contributed by atoms with van der Waals surface area (Å²) in [4.78, 5) is 20.1. The Labute approximate surface area is 110 Å². The lowest BCUT2D eigenvalue weighted by Crippen LogP contribution is -2.01. The zero-order valence-corrected chi connectivity index (χ0v) is 10.7. The molecule has 1 N–H and O–H groups in total. The second-order valence-corrected chi connectivity index (χ2v) is 4.66. The van der Waals surface area contributed by atoms with Crippen molar-refractivity contribution in [2.75, 3.05) is 0 Å². The van der Waals surface area contributed by atoms with Crippen LogP contribution in [0, 0.1) is 0 Å². The predicted molar refractivity (Wildman–Crippen MR) is 71.7 cm³/mol. The van der Waals surface area contributed by atoms with Gasteiger partial charge in [-0.3, -0.25) is 0 Å². The van der Waals surface area contributed by atoms with Crippen molar-refractivity contribution < 1.29 is 9.90 Å². The first-order valence-electron chi connectivity index (χ1n) is 5.25. The summed E-state index contributed by atoms with van der Waals surface area (Å²) in [7, 11) is 0. The second kappa shape index (κ2) is 4.03. The third kappa shape index (κ3) is 1.64. The standard InChI is InChI=1S/C13H7BrN2O2/c14-7-5-6-10-12(11(7)13(17)18)16-9-4-2-1-3-8(9)15-10/h1-6H,(H,17,18). The number of benzene rings is 2. The quantitative estimate of drug-likeness (QED) is 0.701. The van der Waals surface area contributed by atoms with Crippen LogP contribution in [0.25, 0.3) is 22.1 Å². The average Bonchev–Trinajstić information content (AvgIpc) is 2.36. The molecular weight excluding hydrogens is 296 g/mol. The van der Waals surface area contributed by atoms with Crippen molar-refractivity contribution in [3.8, 4) is 0 Å². The van der Waals surface area contributed by atoms with Crippen molar-refractivity contribution in [3.05, 3.63) is 46.4 Å². The van der Waals surface area contributed by atoms with E-state index in [0.29, 0.717) is 21.0 Å². The molecule has 18 heavy (non-hydrogen) atoms. The Bertz CT molecular complexity index is 786. The van der Waals surface area contributed by atoms with Gasteiger partial charge in [0.1, 0.15) is 11.1 Å². The van der Waals surface area contributed by atoms with Crippen LogP contribution in [0.5, 0.6) is 0 Å². The minimum atomic E-state index is -1.02. The fourth-order valence-electron chi connectivity index (χ4n) is 1.87. The van der Waals surface area contributed by atoms with Crippen LogP contribution >= 0.6 is 15.9 Å². The molecule has 0 aliphatic heterocycles. The first kappa shape index (κ1) is 11.1. The van der Waals surface area contributed by atoms with Crippen LogP contribution in [-0.2, 0) is 0 Å². The predicted octanol–water partition coefficient (Wildman–Crippen LogP) is 3.24. The molecule has 0 aliphatic carbocycles. The molecule has 88 valence electrons. The van der Waals surface area contributed by atoms with Gasteiger partial charge in [0.2, 0.25) is 0 Å². The van der Waals surface area contributed by atoms with Crippen molar-refractivity contribution >= 4 is 44.0 Å². The van der Waals surface area contributed by atoms with Crippen LogP contribution in [0.3, 0.4) is 0 Å². The van der Waals surface area contributed by atoms with Crippen molar-refractivity contribution in [3.63, 3.8) is 0 Å². The van der Waals surface area contributed by atoms with Gasteiger partial charge < -0.3 is 5.11 Å². The maximum absolute atomic E-state index is 11.3. The molecule has 0 atom stereocenters. The Morgan fingerprint density at radius 1 is 1.00 bits per heavy atom. The lowest BCUT2D eigenvalue weighted by Gasteiger charge is -2.05. The van der Waals surface area contributed by atoms with Crippen LogP contribution in [0.1, 0.15) is 10.4 Å². The highest BCUT2D eigenvalue weighted by atomic mass is 79.9. The molecule has 0 saturated heterocycles. The van der Waals surface area contributed by atoms with Crippen LogP contribution in [0.15, 0.2) is 40.9 Å². The Kier molecular flexibility index (Phi) is 2.48. The third-order valence-corrected chi connectivity index (χ3v) is 3.34. The number of para-hydroxylation sites is 2. The molecule has 3 aromatic rings. The molecule has 3 rings (SSSR count). The van der Waals surface area contributed by atoms with Crippen LogP contribution in [-0.4, -0.2) is 21.0 Å². The van der Waals surface area contributed by atoms with E-state index in [9.17, 15) is 9.90 Å². The van der Waals surface area contributed by atoms with E-state index in [1.807, 2.05) is 24.3 Å². The van der Waals surface area contributed by atoms with Gasteiger partial charge in [-0.2, -0.15) is 0 Å². The van der Waals surface area contributed by atoms with E-state index < -0.39 is 5.97 Å². The van der Waals surface area contributed by atoms with Gasteiger partial charge in [-0.15, -0.1) is 0 Å². The van der Waals surface area contributed by atoms with E-state index in [-0.39, 0.29) is 5.56 Å². The zero-order valence-electron chi connectivity index (χ0n) is 9.09. The third-order valence-electron chi connectivity index (χ3n) is 2.67. The van der Waals surface area contributed by atoms with E-state index in [4.69, 9.17) is 0 Å². The molecule has 0 bridgehead atoms. The maximum atomic E-state index is 11.3. The summed E-state index contributed by atoms with van der Waals surface area (Å²) in [5.74, 6) is -1.02. The molecule has 4 nitrogen and oxygen atoms in total. The van der Waals surface area contributed by atoms with Gasteiger partial charge in [0, 0.05) is 4.47 Å². The van der Waals surface area contributed by atoms with Gasteiger partial charge in [0.05, 0.1) is 16.6 Å². The van der Waals surface area contributed by atoms with Gasteiger partial charge >= 0.3 is 5.97 Å². The highest BCUT2D eigenvalue weighted by molar-refractivity contribution is 9.10. The number of hydrogen-bond donors (Lipinski definition) is 1. The van der Waals surface area contributed by atoms with Crippen LogP contribution in [0.2, 0.25) is 0 Å². The van der Waals surface area contributed by atoms with Gasteiger partial charge in [-0.05, 0) is 40.2 Å². The lowest BCUT2D eigenvalue weighted by atomic mass is 10.1. The summed E-state index contributed by atoms with van der Waals surface area (Å²) in [6.07, 6.45) is 0. The number of nitrogens with zero attached hydrogens (tertiary/aromatic N) is 2. The number of carboxylic acid groups (broad SMARTS) is 1. The van der Waals surface area contributed by atoms with E-state index in [2.05, 4.69) is 25.9 Å². The molecule has 0 radical (unpaired) electrons. The monoisotopic (exact) mass is 302 g/mol. The molecule has 0 amide bonds. The molecule has 0 spiro atoms. The Morgan fingerprint density at radius 2 is 1.67 bits per heavy atom. The number of hydrogen-bond acceptors (Lipinski definition) is 3. The molecule has 0 unspecified atom stereocenters. The fraction of sp³-hybridized carbons (Fsp3) is 0. The van der Waals surface area contributed by atoms with Gasteiger partial charge in [0.15, 0.2) is 0 Å². The number of halogens is 1. The average molecular weight is 303 g/mol. The SMILES string of the molecule is O=C(O)c1c(Br)ccc2nc3ccccc3nc12. The highest BCUT2D eigenvalue weighted by Crippen LogP contribution is 2.25. The van der Waals surface area contributed by atoms with Gasteiger partial charge in [-0.1, -0.05) is 12.1 Å². The maximum Gasteiger partial charge on any atom is 0.339 e. The Balaban J connectivity index is 2.50. The number of carboxylic acids is 1. The smallest absolute Gasteiger partial charge is 0.339 e. The molecular formula is C13H7BrN2O2. The van der Waals surface area contributed by atoms with E-state index >= 15 is 0 Å². The van der Waals surface area contributed by atoms with Crippen LogP contribution < -0.4 is 0 Å². The molecule has 2 aromatic carbocycles. The lowest BCUT2D eigenvalue weighted by molar-refractivity contribution is 0.0698. The van der Waals surface area contributed by atoms with Crippen molar-refractivity contribution in [2.24, 2.45) is 0 Å². The molecule has 0 fully saturated rings. The topological polar surface area (TPSA) is 63.1 Å². The second-order valence-electron chi connectivity index (χ2n) is 3.81. The fourth-order valence-corrected chi connectivity index (χ4v) is 2.36. The minimum Gasteiger partial charge on any atom is -0.478 e. The van der Waals surface area contributed by atoms with Crippen molar-refractivity contribution in [1.82, 2.24) is 9.97 Å². The summed E-state index contributed by atoms with van der Waals surface area (Å²) in [6.45, 7) is 0. The summed E-state index contributed by atoms with van der Waals surface area (Å²) >= 11 is 3.23. The molecule has 0 aliphatic rings. The normalized spacial score (nSPS) is 10.9. The van der Waals surface area contributed by atoms with Crippen molar-refractivity contribution in [2.45, 2.75) is 0 Å². The highest BCUT2D eigenvalue weighted by Gasteiger charge is 2.15. The minimum absolute atomic E-state index is 0.144. The molecule has 5 heteroatoms. The zero-order chi connectivity index (χ0) is 12.7. The number of carbonyl (C=O) groups is 1. The first-order chi connectivity index (χ1) is 8.66. The summed E-state index contributed by atoms with van der Waals surface area (Å²) in [5.41, 5.74) is 2.56. The Morgan fingerprint density at radius 3 is 2.33 bits per heavy atom. The van der Waals surface area contributed by atoms with E-state index in [0.717, 1.165) is 5.52 Å². The molecule has 1 aromatic heterocycles. The Hall–Kier alpha value is -2.01. The van der Waals surface area contributed by atoms with Gasteiger partial charge in [0.25, 0.3) is 0 Å². The molecule has 1 heterocycles. The number of rotatable bonds is 1. The number of fused-ring (bicyclic) bond motifs is 2. The van der Waals surface area contributed by atoms with E-state index in [1.54, 1.807) is 12.1 Å². The largest absolute Gasteiger partial charge is 0.478 e. The number of aromatic nitrogens is 2. The van der Waals surface area contributed by atoms with Crippen LogP contribution in [0.4, 0.5) is 0 Å². The summed E-state index contributed by atoms with van der Waals surface area (Å²) in [6, 6.07) is 10.8. The van der Waals surface area contributed by atoms with Crippen molar-refractivity contribution in [1.29, 1.82) is 0 Å². The number of aromatic carboxylic acids is 1. The summed E-state index contributed by atoms with van der Waals surface area (Å²) < 4.78 is 0.507. The first-order valence-corrected chi connectivity index (χ1v) is 6.04.